The van der Waals surface area contributed by atoms with Crippen LogP contribution in [0.25, 0.3) is 21.6 Å². The first-order valence-corrected chi connectivity index (χ1v) is 15.1. The molecule has 10 heteroatoms. The lowest BCUT2D eigenvalue weighted by Gasteiger charge is -2.23. The molecule has 1 fully saturated rings. The van der Waals surface area contributed by atoms with Crippen molar-refractivity contribution in [3.05, 3.63) is 94.4 Å². The summed E-state index contributed by atoms with van der Waals surface area (Å²) < 4.78 is 8.42. The Balaban J connectivity index is 1.46. The van der Waals surface area contributed by atoms with Gasteiger partial charge in [-0.15, -0.1) is 0 Å². The number of aryl methyl sites for hydroxylation is 1. The molecule has 0 bridgehead atoms. The fourth-order valence-electron chi connectivity index (χ4n) is 5.33. The number of Topliss-reactive ketones (excluding diaryl/α,β-unsaturated/α-hetero) is 1. The smallest absolute Gasteiger partial charge is 0.301 e. The van der Waals surface area contributed by atoms with E-state index in [1.54, 1.807) is 35.7 Å². The number of amides is 1. The lowest BCUT2D eigenvalue weighted by Crippen LogP contribution is -2.29. The third kappa shape index (κ3) is 5.03. The number of rotatable bonds is 9. The summed E-state index contributed by atoms with van der Waals surface area (Å²) in [6.45, 7) is 4.54. The van der Waals surface area contributed by atoms with Gasteiger partial charge in [-0.05, 0) is 61.4 Å². The molecule has 0 aliphatic carbocycles. The average molecular weight is 601 g/mol. The predicted molar refractivity (Wildman–Crippen MR) is 165 cm³/mol. The van der Waals surface area contributed by atoms with E-state index in [2.05, 4.69) is 16.9 Å². The van der Waals surface area contributed by atoms with Crippen LogP contribution >= 0.6 is 22.9 Å². The summed E-state index contributed by atoms with van der Waals surface area (Å²) in [6.07, 6.45) is 6.17. The first kappa shape index (κ1) is 27.9. The summed E-state index contributed by atoms with van der Waals surface area (Å²) >= 11 is 7.47. The number of aromatic nitrogens is 3. The minimum atomic E-state index is -0.923. The van der Waals surface area contributed by atoms with Crippen molar-refractivity contribution in [1.82, 2.24) is 14.4 Å². The molecule has 1 aliphatic heterocycles. The lowest BCUT2D eigenvalue weighted by atomic mass is 9.96. The molecule has 0 radical (unpaired) electrons. The SMILES string of the molecule is CCCCCCOc1ccc(C2/C(=C(\O)c3c(C)nc4ccccn34)C(=O)C(=O)N2c2nc3ccc(Cl)cc3s2)cc1. The van der Waals surface area contributed by atoms with E-state index in [1.807, 2.05) is 42.5 Å². The maximum atomic E-state index is 13.7. The van der Waals surface area contributed by atoms with Gasteiger partial charge in [0.1, 0.15) is 17.1 Å². The van der Waals surface area contributed by atoms with E-state index in [0.29, 0.717) is 50.6 Å². The molecule has 0 spiro atoms. The molecule has 1 atom stereocenters. The van der Waals surface area contributed by atoms with Gasteiger partial charge in [0.2, 0.25) is 0 Å². The minimum Gasteiger partial charge on any atom is -0.505 e. The molecule has 1 aliphatic rings. The molecular weight excluding hydrogens is 572 g/mol. The number of benzene rings is 2. The summed E-state index contributed by atoms with van der Waals surface area (Å²) in [7, 11) is 0. The summed E-state index contributed by atoms with van der Waals surface area (Å²) in [5.41, 5.74) is 2.77. The Morgan fingerprint density at radius 2 is 1.86 bits per heavy atom. The number of aliphatic hydroxyl groups excluding tert-OH is 1. The van der Waals surface area contributed by atoms with E-state index in [1.165, 1.54) is 22.7 Å². The molecule has 1 N–H and O–H groups in total. The van der Waals surface area contributed by atoms with Crippen molar-refractivity contribution in [3.8, 4) is 5.75 Å². The summed E-state index contributed by atoms with van der Waals surface area (Å²) in [6, 6.07) is 17.1. The van der Waals surface area contributed by atoms with Gasteiger partial charge in [0, 0.05) is 11.2 Å². The number of fused-ring (bicyclic) bond motifs is 2. The molecule has 214 valence electrons. The van der Waals surface area contributed by atoms with Crippen LogP contribution < -0.4 is 9.64 Å². The molecule has 42 heavy (non-hydrogen) atoms. The Hall–Kier alpha value is -4.21. The number of unbranched alkanes of at least 4 members (excludes halogenated alkanes) is 3. The van der Waals surface area contributed by atoms with Crippen LogP contribution in [0.1, 0.15) is 55.6 Å². The van der Waals surface area contributed by atoms with Crippen LogP contribution in [-0.4, -0.2) is 37.8 Å². The zero-order chi connectivity index (χ0) is 29.4. The number of anilines is 1. The monoisotopic (exact) mass is 600 g/mol. The highest BCUT2D eigenvalue weighted by Crippen LogP contribution is 2.45. The predicted octanol–water partition coefficient (Wildman–Crippen LogP) is 7.49. The van der Waals surface area contributed by atoms with Crippen molar-refractivity contribution in [2.75, 3.05) is 11.5 Å². The number of nitrogens with zero attached hydrogens (tertiary/aromatic N) is 4. The highest BCUT2D eigenvalue weighted by Gasteiger charge is 2.48. The molecule has 8 nitrogen and oxygen atoms in total. The maximum Gasteiger partial charge on any atom is 0.301 e. The normalized spacial score (nSPS) is 16.6. The standard InChI is InChI=1S/C32H29ClN4O4S/c1-3-4-5-8-17-41-22-13-10-20(11-14-22)28-26(29(38)27-19(2)34-25-9-6-7-16-36(25)27)30(39)31(40)37(28)32-35-23-15-12-21(33)18-24(23)42-32/h6-7,9-16,18,28,38H,3-5,8,17H2,1-2H3/b29-26+. The number of halogens is 1. The second kappa shape index (κ2) is 11.6. The van der Waals surface area contributed by atoms with E-state index >= 15 is 0 Å². The van der Waals surface area contributed by atoms with Gasteiger partial charge >= 0.3 is 5.91 Å². The molecule has 1 unspecified atom stereocenters. The topological polar surface area (TPSA) is 97.0 Å². The van der Waals surface area contributed by atoms with Crippen LogP contribution in [0.2, 0.25) is 5.02 Å². The molecule has 4 heterocycles. The molecule has 1 saturated heterocycles. The van der Waals surface area contributed by atoms with Crippen molar-refractivity contribution in [3.63, 3.8) is 0 Å². The number of carbonyl (C=O) groups excluding carboxylic acids is 2. The van der Waals surface area contributed by atoms with Gasteiger partial charge < -0.3 is 9.84 Å². The molecule has 1 amide bonds. The number of aliphatic hydroxyl groups is 1. The number of carbonyl (C=O) groups is 2. The number of hydrogen-bond donors (Lipinski definition) is 1. The van der Waals surface area contributed by atoms with Crippen molar-refractivity contribution in [2.45, 2.75) is 45.6 Å². The van der Waals surface area contributed by atoms with E-state index in [-0.39, 0.29) is 11.3 Å². The molecule has 3 aromatic heterocycles. The van der Waals surface area contributed by atoms with Crippen molar-refractivity contribution in [2.24, 2.45) is 0 Å². The van der Waals surface area contributed by atoms with Gasteiger partial charge in [-0.1, -0.05) is 67.3 Å². The van der Waals surface area contributed by atoms with Crippen LogP contribution in [0, 0.1) is 6.92 Å². The average Bonchev–Trinajstić information content (AvgIpc) is 3.63. The summed E-state index contributed by atoms with van der Waals surface area (Å²) in [4.78, 5) is 38.0. The molecule has 0 saturated carbocycles. The first-order chi connectivity index (χ1) is 20.4. The van der Waals surface area contributed by atoms with E-state index < -0.39 is 17.7 Å². The third-order valence-corrected chi connectivity index (χ3v) is 8.63. The van der Waals surface area contributed by atoms with Crippen molar-refractivity contribution < 1.29 is 19.4 Å². The summed E-state index contributed by atoms with van der Waals surface area (Å²) in [5.74, 6) is -1.16. The number of ketones is 1. The largest absolute Gasteiger partial charge is 0.505 e. The van der Waals surface area contributed by atoms with E-state index in [4.69, 9.17) is 16.3 Å². The van der Waals surface area contributed by atoms with Crippen molar-refractivity contribution >= 4 is 61.4 Å². The van der Waals surface area contributed by atoms with Gasteiger partial charge in [0.15, 0.2) is 10.9 Å². The van der Waals surface area contributed by atoms with Gasteiger partial charge in [-0.25, -0.2) is 9.97 Å². The van der Waals surface area contributed by atoms with Gasteiger partial charge in [0.25, 0.3) is 5.78 Å². The van der Waals surface area contributed by atoms with Gasteiger partial charge in [0.05, 0.1) is 34.1 Å². The molecule has 6 rings (SSSR count). The number of hydrogen-bond acceptors (Lipinski definition) is 7. The van der Waals surface area contributed by atoms with Crippen LogP contribution in [-0.2, 0) is 9.59 Å². The van der Waals surface area contributed by atoms with Crippen LogP contribution in [0.5, 0.6) is 5.75 Å². The van der Waals surface area contributed by atoms with Crippen LogP contribution in [0.3, 0.4) is 0 Å². The second-order valence-corrected chi connectivity index (χ2v) is 11.7. The number of pyridine rings is 1. The fourth-order valence-corrected chi connectivity index (χ4v) is 6.59. The van der Waals surface area contributed by atoms with Gasteiger partial charge in [-0.2, -0.15) is 0 Å². The Morgan fingerprint density at radius 3 is 2.64 bits per heavy atom. The minimum absolute atomic E-state index is 0.0284. The molecule has 5 aromatic rings. The number of ether oxygens (including phenoxy) is 1. The fraction of sp³-hybridized carbons (Fsp3) is 0.250. The zero-order valence-electron chi connectivity index (χ0n) is 23.2. The highest BCUT2D eigenvalue weighted by atomic mass is 35.5. The number of imidazole rings is 1. The molecular formula is C32H29ClN4O4S. The Bertz CT molecular complexity index is 1840. The second-order valence-electron chi connectivity index (χ2n) is 10.2. The Kier molecular flexibility index (Phi) is 7.70. The Morgan fingerprint density at radius 1 is 1.05 bits per heavy atom. The Labute approximate surface area is 251 Å². The quantitative estimate of drug-likeness (QED) is 0.0815. The van der Waals surface area contributed by atoms with E-state index in [9.17, 15) is 14.7 Å². The zero-order valence-corrected chi connectivity index (χ0v) is 24.8. The molecule has 2 aromatic carbocycles. The highest BCUT2D eigenvalue weighted by molar-refractivity contribution is 7.22. The number of thiazole rings is 1. The van der Waals surface area contributed by atoms with Gasteiger partial charge in [-0.3, -0.25) is 18.9 Å². The summed E-state index contributed by atoms with van der Waals surface area (Å²) in [5, 5.41) is 12.6. The van der Waals surface area contributed by atoms with Crippen LogP contribution in [0.15, 0.2) is 72.4 Å². The lowest BCUT2D eigenvalue weighted by molar-refractivity contribution is -0.132. The van der Waals surface area contributed by atoms with E-state index in [0.717, 1.165) is 24.0 Å². The maximum absolute atomic E-state index is 13.7. The van der Waals surface area contributed by atoms with Crippen LogP contribution in [0.4, 0.5) is 5.13 Å². The first-order valence-electron chi connectivity index (χ1n) is 13.9. The third-order valence-electron chi connectivity index (χ3n) is 7.38. The van der Waals surface area contributed by atoms with Crippen molar-refractivity contribution in [1.29, 1.82) is 0 Å².